The maximum atomic E-state index is 10.3. The van der Waals surface area contributed by atoms with Crippen molar-refractivity contribution in [3.8, 4) is 56.8 Å². The van der Waals surface area contributed by atoms with Gasteiger partial charge in [-0.1, -0.05) is 121 Å². The lowest BCUT2D eigenvalue weighted by molar-refractivity contribution is 0.720. The molecule has 0 saturated heterocycles. The van der Waals surface area contributed by atoms with E-state index in [9.17, 15) is 5.26 Å². The Balaban J connectivity index is 0.827. The van der Waals surface area contributed by atoms with Crippen molar-refractivity contribution in [2.45, 2.75) is 15.2 Å². The molecule has 0 N–H and O–H groups in total. The number of pyridine rings is 2. The molecule has 0 atom stereocenters. The number of nitrogens with zero attached hydrogens (tertiary/aromatic N) is 6. The summed E-state index contributed by atoms with van der Waals surface area (Å²) in [5, 5.41) is 17.3. The van der Waals surface area contributed by atoms with E-state index in [2.05, 4.69) is 250 Å². The molecule has 2 aliphatic rings. The van der Waals surface area contributed by atoms with Gasteiger partial charge in [-0.25, -0.2) is 0 Å². The fraction of sp³-hybridized carbons (Fsp3) is 0.0139. The maximum Gasteiger partial charge on any atom is 0.0991 e. The van der Waals surface area contributed by atoms with Crippen LogP contribution in [-0.4, -0.2) is 23.7 Å². The van der Waals surface area contributed by atoms with Crippen LogP contribution in [0.15, 0.2) is 265 Å². The minimum absolute atomic E-state index is 0.629. The molecule has 17 rings (SSSR count). The third-order valence-corrected chi connectivity index (χ3v) is 18.0. The normalized spacial score (nSPS) is 13.1. The Morgan fingerprint density at radius 2 is 0.722 bits per heavy atom. The highest BCUT2D eigenvalue weighted by Crippen LogP contribution is 2.62. The fourth-order valence-corrected chi connectivity index (χ4v) is 14.6. The lowest BCUT2D eigenvalue weighted by Gasteiger charge is -2.39. The van der Waals surface area contributed by atoms with E-state index in [1.54, 1.807) is 0 Å². The van der Waals surface area contributed by atoms with E-state index in [0.29, 0.717) is 5.56 Å². The molecular weight excluding hydrogens is 981 g/mol. The van der Waals surface area contributed by atoms with Gasteiger partial charge >= 0.3 is 0 Å². The number of benzene rings is 10. The van der Waals surface area contributed by atoms with Crippen LogP contribution in [0.5, 0.6) is 0 Å². The molecule has 0 bridgehead atoms. The van der Waals surface area contributed by atoms with E-state index < -0.39 is 5.41 Å². The molecule has 15 aromatic rings. The molecule has 6 nitrogen and oxygen atoms in total. The molecule has 5 aromatic heterocycles. The van der Waals surface area contributed by atoms with Crippen LogP contribution in [0.2, 0.25) is 0 Å². The van der Waals surface area contributed by atoms with Gasteiger partial charge in [0, 0.05) is 71.6 Å². The highest BCUT2D eigenvalue weighted by Gasteiger charge is 2.52. The maximum absolute atomic E-state index is 10.3. The van der Waals surface area contributed by atoms with E-state index in [0.717, 1.165) is 83.6 Å². The minimum Gasteiger partial charge on any atom is -0.309 e. The van der Waals surface area contributed by atoms with Crippen molar-refractivity contribution in [3.63, 3.8) is 0 Å². The third-order valence-electron chi connectivity index (χ3n) is 16.8. The molecule has 7 heteroatoms. The van der Waals surface area contributed by atoms with E-state index in [4.69, 9.17) is 9.97 Å². The number of para-hydroxylation sites is 4. The largest absolute Gasteiger partial charge is 0.309 e. The molecule has 0 amide bonds. The van der Waals surface area contributed by atoms with Gasteiger partial charge in [0.05, 0.1) is 61.5 Å². The second kappa shape index (κ2) is 16.6. The summed E-state index contributed by atoms with van der Waals surface area (Å²) in [7, 11) is 0. The molecule has 366 valence electrons. The van der Waals surface area contributed by atoms with Crippen LogP contribution >= 0.6 is 11.8 Å². The Morgan fingerprint density at radius 1 is 0.329 bits per heavy atom. The summed E-state index contributed by atoms with van der Waals surface area (Å²) in [5.74, 6) is 0. The first kappa shape index (κ1) is 43.9. The first-order valence-corrected chi connectivity index (χ1v) is 27.5. The smallest absolute Gasteiger partial charge is 0.0991 e. The van der Waals surface area contributed by atoms with Crippen molar-refractivity contribution in [3.05, 3.63) is 283 Å². The Morgan fingerprint density at radius 3 is 1.23 bits per heavy atom. The summed E-state index contributed by atoms with van der Waals surface area (Å²) in [6.45, 7) is 0. The zero-order valence-corrected chi connectivity index (χ0v) is 43.2. The average Bonchev–Trinajstić information content (AvgIpc) is 3.59. The SMILES string of the molecule is N#Cc1ccc2c(c1)c1cc(-c3ccc4c(c3)C3(c5cc(-c6ccc7c(c6)c6ccccc6n7-c6ccccc6)ccc5S4)c4cccnc4-c4ncccc43)ccc1n2-c1ccc(-n2c3ccccc3c3ccccc32)cc1. The van der Waals surface area contributed by atoms with Gasteiger partial charge in [0.2, 0.25) is 0 Å². The highest BCUT2D eigenvalue weighted by atomic mass is 32.2. The first-order valence-electron chi connectivity index (χ1n) is 26.7. The lowest BCUT2D eigenvalue weighted by Crippen LogP contribution is -2.32. The summed E-state index contributed by atoms with van der Waals surface area (Å²) in [6.07, 6.45) is 3.79. The zero-order chi connectivity index (χ0) is 51.9. The van der Waals surface area contributed by atoms with Gasteiger partial charge in [0.15, 0.2) is 0 Å². The number of fused-ring (bicyclic) bond motifs is 18. The first-order chi connectivity index (χ1) is 39.1. The molecule has 10 aromatic carbocycles. The van der Waals surface area contributed by atoms with Crippen LogP contribution in [0.3, 0.4) is 0 Å². The van der Waals surface area contributed by atoms with Crippen molar-refractivity contribution in [2.24, 2.45) is 0 Å². The van der Waals surface area contributed by atoms with Crippen molar-refractivity contribution in [2.75, 3.05) is 0 Å². The highest BCUT2D eigenvalue weighted by molar-refractivity contribution is 7.99. The van der Waals surface area contributed by atoms with E-state index in [1.165, 1.54) is 64.5 Å². The Bertz CT molecular complexity index is 5030. The molecule has 79 heavy (non-hydrogen) atoms. The third kappa shape index (κ3) is 6.17. The summed E-state index contributed by atoms with van der Waals surface area (Å²) < 4.78 is 7.07. The molecule has 1 aliphatic carbocycles. The van der Waals surface area contributed by atoms with Crippen LogP contribution in [0.4, 0.5) is 0 Å². The van der Waals surface area contributed by atoms with E-state index in [1.807, 2.05) is 36.3 Å². The fourth-order valence-electron chi connectivity index (χ4n) is 13.5. The number of hydrogen-bond donors (Lipinski definition) is 0. The molecule has 0 saturated carbocycles. The van der Waals surface area contributed by atoms with Crippen molar-refractivity contribution in [1.29, 1.82) is 5.26 Å². The van der Waals surface area contributed by atoms with Gasteiger partial charge in [0.1, 0.15) is 0 Å². The molecule has 0 fully saturated rings. The molecule has 1 spiro atoms. The van der Waals surface area contributed by atoms with E-state index >= 15 is 0 Å². The summed E-state index contributed by atoms with van der Waals surface area (Å²) in [5.41, 5.74) is 21.1. The predicted octanol–water partition coefficient (Wildman–Crippen LogP) is 17.8. The van der Waals surface area contributed by atoms with Gasteiger partial charge in [-0.05, 0) is 178 Å². The standard InChI is InChI=1S/C72H42N6S/c73-43-44-22-31-65-55(38-44)57-40-46(24-33-67(57)78(65)51-29-27-50(28-30-51)77-62-19-7-4-14-52(62)53-15-5-8-20-63(53)77)48-26-35-69-61(42-48)72(58-17-10-36-74-70(58)71-59(72)18-11-37-75-71)60-41-47(25-34-68(60)79-69)45-23-32-66-56(39-45)54-16-6-9-21-64(54)76(66)49-12-2-1-3-13-49/h1-42H. The average molecular weight is 1020 g/mol. The minimum atomic E-state index is -0.713. The van der Waals surface area contributed by atoms with Gasteiger partial charge in [-0.15, -0.1) is 0 Å². The monoisotopic (exact) mass is 1020 g/mol. The Kier molecular flexibility index (Phi) is 9.24. The Hall–Kier alpha value is -10.3. The Labute approximate surface area is 458 Å². The van der Waals surface area contributed by atoms with Gasteiger partial charge in [-0.2, -0.15) is 5.26 Å². The molecule has 0 radical (unpaired) electrons. The van der Waals surface area contributed by atoms with E-state index in [-0.39, 0.29) is 0 Å². The summed E-state index contributed by atoms with van der Waals surface area (Å²) in [6, 6.07) is 90.6. The van der Waals surface area contributed by atoms with Crippen molar-refractivity contribution in [1.82, 2.24) is 23.7 Å². The van der Waals surface area contributed by atoms with Crippen LogP contribution in [0.1, 0.15) is 27.8 Å². The summed E-state index contributed by atoms with van der Waals surface area (Å²) in [4.78, 5) is 12.6. The molecule has 1 aliphatic heterocycles. The predicted molar refractivity (Wildman–Crippen MR) is 322 cm³/mol. The zero-order valence-electron chi connectivity index (χ0n) is 42.3. The van der Waals surface area contributed by atoms with Crippen LogP contribution in [-0.2, 0) is 5.41 Å². The van der Waals surface area contributed by atoms with Crippen LogP contribution < -0.4 is 0 Å². The van der Waals surface area contributed by atoms with Gasteiger partial charge in [0.25, 0.3) is 0 Å². The van der Waals surface area contributed by atoms with Gasteiger partial charge < -0.3 is 13.7 Å². The van der Waals surface area contributed by atoms with Gasteiger partial charge in [-0.3, -0.25) is 9.97 Å². The number of nitriles is 1. The topological polar surface area (TPSA) is 64.4 Å². The number of rotatable bonds is 5. The molecule has 6 heterocycles. The summed E-state index contributed by atoms with van der Waals surface area (Å²) >= 11 is 1.84. The van der Waals surface area contributed by atoms with Crippen LogP contribution in [0.25, 0.3) is 116 Å². The second-order valence-corrected chi connectivity index (χ2v) is 21.9. The van der Waals surface area contributed by atoms with Crippen LogP contribution in [0, 0.1) is 11.3 Å². The van der Waals surface area contributed by atoms with Crippen molar-refractivity contribution < 1.29 is 0 Å². The van der Waals surface area contributed by atoms with Crippen molar-refractivity contribution >= 4 is 77.2 Å². The lowest BCUT2D eigenvalue weighted by atomic mass is 9.67. The molecule has 0 unspecified atom stereocenters. The quantitative estimate of drug-likeness (QED) is 0.172. The number of aromatic nitrogens is 5. The number of hydrogen-bond acceptors (Lipinski definition) is 4. The second-order valence-electron chi connectivity index (χ2n) is 20.8. The molecular formula is C72H42N6S.